The van der Waals surface area contributed by atoms with Crippen LogP contribution in [0.1, 0.15) is 57.3 Å². The van der Waals surface area contributed by atoms with Crippen LogP contribution in [0.4, 0.5) is 0 Å². The summed E-state index contributed by atoms with van der Waals surface area (Å²) in [4.78, 5) is 44.3. The SMILES string of the molecule is CCCn1c(=O)c2nc(C(CC)c3ccc(OCC(=O)O)cc3)[nH]c2n(CCC)c1=O. The zero-order valence-corrected chi connectivity index (χ0v) is 18.1. The fourth-order valence-electron chi connectivity index (χ4n) is 3.73. The maximum atomic E-state index is 12.9. The molecule has 1 atom stereocenters. The van der Waals surface area contributed by atoms with Crippen LogP contribution in [-0.4, -0.2) is 36.8 Å². The van der Waals surface area contributed by atoms with Crippen LogP contribution in [0.3, 0.4) is 0 Å². The van der Waals surface area contributed by atoms with Gasteiger partial charge in [0.15, 0.2) is 12.1 Å². The lowest BCUT2D eigenvalue weighted by molar-refractivity contribution is -0.139. The molecule has 0 saturated carbocycles. The number of hydrogen-bond donors (Lipinski definition) is 2. The molecule has 0 fully saturated rings. The Kier molecular flexibility index (Phi) is 6.94. The van der Waals surface area contributed by atoms with E-state index in [9.17, 15) is 14.4 Å². The van der Waals surface area contributed by atoms with Crippen molar-refractivity contribution in [3.8, 4) is 5.75 Å². The molecule has 31 heavy (non-hydrogen) atoms. The van der Waals surface area contributed by atoms with Gasteiger partial charge in [-0.3, -0.25) is 13.9 Å². The first-order valence-corrected chi connectivity index (χ1v) is 10.6. The number of carbonyl (C=O) groups is 1. The third-order valence-corrected chi connectivity index (χ3v) is 5.16. The predicted octanol–water partition coefficient (Wildman–Crippen LogP) is 2.71. The van der Waals surface area contributed by atoms with Crippen molar-refractivity contribution in [2.24, 2.45) is 0 Å². The highest BCUT2D eigenvalue weighted by molar-refractivity contribution is 5.70. The number of nitrogens with zero attached hydrogens (tertiary/aromatic N) is 3. The number of rotatable bonds is 10. The Morgan fingerprint density at radius 3 is 2.32 bits per heavy atom. The summed E-state index contributed by atoms with van der Waals surface area (Å²) in [5.41, 5.74) is 0.992. The molecule has 9 nitrogen and oxygen atoms in total. The number of aryl methyl sites for hydroxylation is 1. The Balaban J connectivity index is 2.05. The minimum atomic E-state index is -1.04. The van der Waals surface area contributed by atoms with Gasteiger partial charge >= 0.3 is 11.7 Å². The third-order valence-electron chi connectivity index (χ3n) is 5.16. The number of H-pyrrole nitrogens is 1. The Labute approximate surface area is 179 Å². The van der Waals surface area contributed by atoms with Crippen LogP contribution < -0.4 is 16.0 Å². The number of carboxylic acids is 1. The number of imidazole rings is 1. The number of carboxylic acid groups (broad SMARTS) is 1. The van der Waals surface area contributed by atoms with Crippen molar-refractivity contribution in [1.82, 2.24) is 19.1 Å². The molecule has 2 N–H and O–H groups in total. The molecule has 166 valence electrons. The van der Waals surface area contributed by atoms with E-state index < -0.39 is 12.6 Å². The van der Waals surface area contributed by atoms with Crippen molar-refractivity contribution in [2.75, 3.05) is 6.61 Å². The zero-order valence-electron chi connectivity index (χ0n) is 18.1. The van der Waals surface area contributed by atoms with Gasteiger partial charge in [0.25, 0.3) is 5.56 Å². The van der Waals surface area contributed by atoms with E-state index in [1.165, 1.54) is 4.57 Å². The molecule has 0 aliphatic rings. The smallest absolute Gasteiger partial charge is 0.341 e. The number of aromatic amines is 1. The number of aliphatic carboxylic acids is 1. The molecule has 2 aromatic heterocycles. The highest BCUT2D eigenvalue weighted by Gasteiger charge is 2.21. The van der Waals surface area contributed by atoms with Crippen LogP contribution in [0, 0.1) is 0 Å². The highest BCUT2D eigenvalue weighted by Crippen LogP contribution is 2.28. The van der Waals surface area contributed by atoms with Gasteiger partial charge in [0.05, 0.1) is 0 Å². The highest BCUT2D eigenvalue weighted by atomic mass is 16.5. The summed E-state index contributed by atoms with van der Waals surface area (Å²) in [6.45, 7) is 6.36. The second-order valence-corrected chi connectivity index (χ2v) is 7.42. The first-order chi connectivity index (χ1) is 14.9. The molecule has 0 aliphatic carbocycles. The monoisotopic (exact) mass is 428 g/mol. The Bertz CT molecular complexity index is 1170. The first kappa shape index (κ1) is 22.3. The van der Waals surface area contributed by atoms with E-state index in [2.05, 4.69) is 9.97 Å². The second kappa shape index (κ2) is 9.63. The minimum absolute atomic E-state index is 0.120. The minimum Gasteiger partial charge on any atom is -0.482 e. The standard InChI is InChI=1S/C22H28N4O5/c1-4-11-25-20-18(21(29)26(12-5-2)22(25)30)23-19(24-20)16(6-3)14-7-9-15(10-8-14)31-13-17(27)28/h7-10,16H,4-6,11-13H2,1-3H3,(H,23,24)(H,27,28). The summed E-state index contributed by atoms with van der Waals surface area (Å²) in [6, 6.07) is 7.13. The fraction of sp³-hybridized carbons (Fsp3) is 0.455. The molecule has 3 rings (SSSR count). The molecule has 3 aromatic rings. The number of benzene rings is 1. The first-order valence-electron chi connectivity index (χ1n) is 10.6. The molecule has 1 aromatic carbocycles. The van der Waals surface area contributed by atoms with Crippen molar-refractivity contribution in [3.05, 3.63) is 56.5 Å². The molecule has 0 amide bonds. The lowest BCUT2D eigenvalue weighted by Crippen LogP contribution is -2.40. The lowest BCUT2D eigenvalue weighted by atomic mass is 9.96. The van der Waals surface area contributed by atoms with Gasteiger partial charge in [0.2, 0.25) is 0 Å². The van der Waals surface area contributed by atoms with Crippen LogP contribution >= 0.6 is 0 Å². The van der Waals surface area contributed by atoms with E-state index in [1.807, 2.05) is 32.9 Å². The number of nitrogens with one attached hydrogen (secondary N) is 1. The van der Waals surface area contributed by atoms with Gasteiger partial charge in [-0.15, -0.1) is 0 Å². The van der Waals surface area contributed by atoms with E-state index in [1.54, 1.807) is 16.7 Å². The van der Waals surface area contributed by atoms with Crippen LogP contribution in [0.25, 0.3) is 11.2 Å². The molecule has 1 unspecified atom stereocenters. The van der Waals surface area contributed by atoms with Gasteiger partial charge in [0.1, 0.15) is 17.2 Å². The Morgan fingerprint density at radius 1 is 1.10 bits per heavy atom. The molecule has 0 spiro atoms. The Morgan fingerprint density at radius 2 is 1.74 bits per heavy atom. The van der Waals surface area contributed by atoms with Crippen molar-refractivity contribution in [2.45, 2.75) is 59.0 Å². The number of ether oxygens (including phenoxy) is 1. The maximum absolute atomic E-state index is 12.9. The van der Waals surface area contributed by atoms with Crippen LogP contribution in [0.2, 0.25) is 0 Å². The summed E-state index contributed by atoms with van der Waals surface area (Å²) < 4.78 is 8.05. The molecule has 2 heterocycles. The third kappa shape index (κ3) is 4.55. The summed E-state index contributed by atoms with van der Waals surface area (Å²) >= 11 is 0. The maximum Gasteiger partial charge on any atom is 0.341 e. The number of fused-ring (bicyclic) bond motifs is 1. The van der Waals surface area contributed by atoms with Crippen molar-refractivity contribution >= 4 is 17.1 Å². The van der Waals surface area contributed by atoms with Gasteiger partial charge < -0.3 is 14.8 Å². The average Bonchev–Trinajstić information content (AvgIpc) is 3.19. The summed E-state index contributed by atoms with van der Waals surface area (Å²) in [5, 5.41) is 8.74. The van der Waals surface area contributed by atoms with E-state index >= 15 is 0 Å². The number of aromatic nitrogens is 4. The topological polar surface area (TPSA) is 119 Å². The Hall–Kier alpha value is -3.36. The average molecular weight is 428 g/mol. The van der Waals surface area contributed by atoms with E-state index in [0.717, 1.165) is 18.4 Å². The summed E-state index contributed by atoms with van der Waals surface area (Å²) in [6.07, 6.45) is 2.15. The lowest BCUT2D eigenvalue weighted by Gasteiger charge is -2.13. The molecule has 0 saturated heterocycles. The van der Waals surface area contributed by atoms with Crippen LogP contribution in [-0.2, 0) is 17.9 Å². The van der Waals surface area contributed by atoms with Crippen molar-refractivity contribution < 1.29 is 14.6 Å². The summed E-state index contributed by atoms with van der Waals surface area (Å²) in [5.74, 6) is -0.0769. The van der Waals surface area contributed by atoms with Gasteiger partial charge in [-0.05, 0) is 37.0 Å². The van der Waals surface area contributed by atoms with Crippen LogP contribution in [0.15, 0.2) is 33.9 Å². The van der Waals surface area contributed by atoms with Gasteiger partial charge in [-0.1, -0.05) is 32.9 Å². The van der Waals surface area contributed by atoms with Gasteiger partial charge in [-0.25, -0.2) is 14.6 Å². The van der Waals surface area contributed by atoms with E-state index in [0.29, 0.717) is 36.7 Å². The molecule has 0 aliphatic heterocycles. The second-order valence-electron chi connectivity index (χ2n) is 7.42. The van der Waals surface area contributed by atoms with Crippen LogP contribution in [0.5, 0.6) is 5.75 Å². The number of hydrogen-bond acceptors (Lipinski definition) is 5. The molecular formula is C22H28N4O5. The molecule has 9 heteroatoms. The largest absolute Gasteiger partial charge is 0.482 e. The molecular weight excluding hydrogens is 400 g/mol. The van der Waals surface area contributed by atoms with Crippen molar-refractivity contribution in [3.63, 3.8) is 0 Å². The van der Waals surface area contributed by atoms with E-state index in [-0.39, 0.29) is 22.7 Å². The predicted molar refractivity (Wildman–Crippen MR) is 117 cm³/mol. The van der Waals surface area contributed by atoms with Gasteiger partial charge in [-0.2, -0.15) is 0 Å². The fourth-order valence-corrected chi connectivity index (χ4v) is 3.73. The van der Waals surface area contributed by atoms with Crippen molar-refractivity contribution in [1.29, 1.82) is 0 Å². The normalized spacial score (nSPS) is 12.2. The summed E-state index contributed by atoms with van der Waals surface area (Å²) in [7, 11) is 0. The molecule has 0 radical (unpaired) electrons. The quantitative estimate of drug-likeness (QED) is 0.512. The molecule has 0 bridgehead atoms. The van der Waals surface area contributed by atoms with Gasteiger partial charge in [0, 0.05) is 19.0 Å². The van der Waals surface area contributed by atoms with E-state index in [4.69, 9.17) is 9.84 Å². The zero-order chi connectivity index (χ0) is 22.5.